The maximum Gasteiger partial charge on any atom is 0.293 e. The van der Waals surface area contributed by atoms with Crippen LogP contribution in [-0.2, 0) is 6.54 Å². The van der Waals surface area contributed by atoms with E-state index >= 15 is 0 Å². The van der Waals surface area contributed by atoms with Crippen LogP contribution >= 0.6 is 11.6 Å². The smallest absolute Gasteiger partial charge is 0.293 e. The Labute approximate surface area is 107 Å². The number of hydrogen-bond acceptors (Lipinski definition) is 3. The highest BCUT2D eigenvalue weighted by molar-refractivity contribution is 6.18. The Morgan fingerprint density at radius 1 is 1.53 bits per heavy atom. The molecule has 0 aromatic carbocycles. The summed E-state index contributed by atoms with van der Waals surface area (Å²) in [6, 6.07) is 0. The van der Waals surface area contributed by atoms with Gasteiger partial charge in [0, 0.05) is 37.9 Å². The number of hydrogen-bond donors (Lipinski definition) is 0. The Balaban J connectivity index is 3.04. The zero-order valence-corrected chi connectivity index (χ0v) is 11.4. The molecule has 0 atom stereocenters. The normalized spacial score (nSPS) is 10.9. The molecule has 5 heteroatoms. The van der Waals surface area contributed by atoms with Crippen molar-refractivity contribution in [1.82, 2.24) is 9.55 Å². The molecule has 0 radical (unpaired) electrons. The maximum atomic E-state index is 12.2. The SMILES string of the molecule is CCN(CCCl)c1nccn(CC(C)C)c1=O. The second kappa shape index (κ2) is 6.64. The van der Waals surface area contributed by atoms with Crippen LogP contribution in [0.1, 0.15) is 20.8 Å². The standard InChI is InChI=1S/C12H20ClN3O/c1-4-15(7-5-13)11-12(17)16(8-6-14-11)9-10(2)3/h6,8,10H,4-5,7,9H2,1-3H3. The van der Waals surface area contributed by atoms with Gasteiger partial charge >= 0.3 is 0 Å². The van der Waals surface area contributed by atoms with Crippen LogP contribution in [0.2, 0.25) is 0 Å². The van der Waals surface area contributed by atoms with Crippen LogP contribution in [0.15, 0.2) is 17.2 Å². The first-order valence-electron chi connectivity index (χ1n) is 5.96. The molecule has 0 bridgehead atoms. The van der Waals surface area contributed by atoms with Crippen LogP contribution in [0.4, 0.5) is 5.82 Å². The maximum absolute atomic E-state index is 12.2. The summed E-state index contributed by atoms with van der Waals surface area (Å²) in [5, 5.41) is 0. The summed E-state index contributed by atoms with van der Waals surface area (Å²) in [5.41, 5.74) is -0.0341. The van der Waals surface area contributed by atoms with E-state index in [0.717, 1.165) is 6.54 Å². The topological polar surface area (TPSA) is 38.1 Å². The molecule has 0 saturated heterocycles. The van der Waals surface area contributed by atoms with Gasteiger partial charge in [0.05, 0.1) is 0 Å². The summed E-state index contributed by atoms with van der Waals surface area (Å²) in [4.78, 5) is 18.3. The average molecular weight is 258 g/mol. The number of halogens is 1. The summed E-state index contributed by atoms with van der Waals surface area (Å²) in [6.07, 6.45) is 3.41. The van der Waals surface area contributed by atoms with Crippen molar-refractivity contribution in [3.63, 3.8) is 0 Å². The number of aromatic nitrogens is 2. The lowest BCUT2D eigenvalue weighted by Crippen LogP contribution is -2.35. The minimum Gasteiger partial charge on any atom is -0.351 e. The van der Waals surface area contributed by atoms with Crippen LogP contribution in [0.25, 0.3) is 0 Å². The molecule has 0 N–H and O–H groups in total. The van der Waals surface area contributed by atoms with Gasteiger partial charge in [0.1, 0.15) is 0 Å². The van der Waals surface area contributed by atoms with E-state index in [1.165, 1.54) is 0 Å². The van der Waals surface area contributed by atoms with Crippen molar-refractivity contribution < 1.29 is 0 Å². The van der Waals surface area contributed by atoms with Crippen molar-refractivity contribution in [2.75, 3.05) is 23.9 Å². The van der Waals surface area contributed by atoms with E-state index in [1.54, 1.807) is 17.0 Å². The fourth-order valence-corrected chi connectivity index (χ4v) is 1.91. The highest BCUT2D eigenvalue weighted by Crippen LogP contribution is 2.04. The van der Waals surface area contributed by atoms with Crippen molar-refractivity contribution in [1.29, 1.82) is 0 Å². The lowest BCUT2D eigenvalue weighted by Gasteiger charge is -2.20. The lowest BCUT2D eigenvalue weighted by molar-refractivity contribution is 0.508. The van der Waals surface area contributed by atoms with E-state index in [-0.39, 0.29) is 5.56 Å². The third kappa shape index (κ3) is 3.73. The molecule has 1 heterocycles. The predicted octanol–water partition coefficient (Wildman–Crippen LogP) is 1.96. The van der Waals surface area contributed by atoms with Crippen LogP contribution < -0.4 is 10.5 Å². The number of rotatable bonds is 6. The van der Waals surface area contributed by atoms with Gasteiger partial charge < -0.3 is 9.47 Å². The zero-order chi connectivity index (χ0) is 12.8. The summed E-state index contributed by atoms with van der Waals surface area (Å²) >= 11 is 5.72. The Morgan fingerprint density at radius 2 is 2.24 bits per heavy atom. The Morgan fingerprint density at radius 3 is 2.76 bits per heavy atom. The lowest BCUT2D eigenvalue weighted by atomic mass is 10.2. The molecule has 1 aromatic rings. The molecule has 0 aliphatic heterocycles. The monoisotopic (exact) mass is 257 g/mol. The highest BCUT2D eigenvalue weighted by atomic mass is 35.5. The minimum atomic E-state index is -0.0341. The Kier molecular flexibility index (Phi) is 5.48. The molecule has 0 amide bonds. The summed E-state index contributed by atoms with van der Waals surface area (Å²) in [6.45, 7) is 8.26. The van der Waals surface area contributed by atoms with E-state index in [9.17, 15) is 4.79 Å². The van der Waals surface area contributed by atoms with Crippen LogP contribution in [0, 0.1) is 5.92 Å². The van der Waals surface area contributed by atoms with Gasteiger partial charge in [-0.2, -0.15) is 0 Å². The molecule has 1 aromatic heterocycles. The third-order valence-corrected chi connectivity index (χ3v) is 2.66. The van der Waals surface area contributed by atoms with Crippen molar-refractivity contribution >= 4 is 17.4 Å². The van der Waals surface area contributed by atoms with Crippen LogP contribution in [0.5, 0.6) is 0 Å². The van der Waals surface area contributed by atoms with Gasteiger partial charge in [-0.05, 0) is 12.8 Å². The molecule has 0 fully saturated rings. The van der Waals surface area contributed by atoms with Gasteiger partial charge in [-0.25, -0.2) is 4.98 Å². The molecule has 0 spiro atoms. The number of nitrogens with zero attached hydrogens (tertiary/aromatic N) is 3. The molecular formula is C12H20ClN3O. The van der Waals surface area contributed by atoms with Crippen molar-refractivity contribution in [3.05, 3.63) is 22.7 Å². The predicted molar refractivity (Wildman–Crippen MR) is 71.9 cm³/mol. The highest BCUT2D eigenvalue weighted by Gasteiger charge is 2.11. The van der Waals surface area contributed by atoms with E-state index in [4.69, 9.17) is 11.6 Å². The van der Waals surface area contributed by atoms with E-state index in [1.807, 2.05) is 11.8 Å². The fraction of sp³-hybridized carbons (Fsp3) is 0.667. The molecule has 0 saturated carbocycles. The van der Waals surface area contributed by atoms with Gasteiger partial charge in [0.15, 0.2) is 5.82 Å². The van der Waals surface area contributed by atoms with Gasteiger partial charge in [-0.3, -0.25) is 4.79 Å². The number of anilines is 1. The second-order valence-corrected chi connectivity index (χ2v) is 4.75. The molecule has 1 rings (SSSR count). The zero-order valence-electron chi connectivity index (χ0n) is 10.7. The Hall–Kier alpha value is -1.03. The van der Waals surface area contributed by atoms with Gasteiger partial charge in [0.25, 0.3) is 5.56 Å². The molecular weight excluding hydrogens is 238 g/mol. The molecule has 0 unspecified atom stereocenters. The van der Waals surface area contributed by atoms with Crippen LogP contribution in [0.3, 0.4) is 0 Å². The molecule has 17 heavy (non-hydrogen) atoms. The second-order valence-electron chi connectivity index (χ2n) is 4.37. The van der Waals surface area contributed by atoms with Crippen LogP contribution in [-0.4, -0.2) is 28.5 Å². The molecule has 96 valence electrons. The first kappa shape index (κ1) is 14.0. The summed E-state index contributed by atoms with van der Waals surface area (Å²) in [5.74, 6) is 1.43. The van der Waals surface area contributed by atoms with Gasteiger partial charge in [-0.15, -0.1) is 11.6 Å². The van der Waals surface area contributed by atoms with Gasteiger partial charge in [-0.1, -0.05) is 13.8 Å². The largest absolute Gasteiger partial charge is 0.351 e. The van der Waals surface area contributed by atoms with E-state index in [0.29, 0.717) is 30.7 Å². The summed E-state index contributed by atoms with van der Waals surface area (Å²) < 4.78 is 1.71. The minimum absolute atomic E-state index is 0.0341. The molecule has 0 aliphatic carbocycles. The first-order chi connectivity index (χ1) is 8.10. The molecule has 0 aliphatic rings. The van der Waals surface area contributed by atoms with E-state index in [2.05, 4.69) is 18.8 Å². The van der Waals surface area contributed by atoms with Gasteiger partial charge in [0.2, 0.25) is 0 Å². The van der Waals surface area contributed by atoms with Crippen molar-refractivity contribution in [3.8, 4) is 0 Å². The van der Waals surface area contributed by atoms with E-state index < -0.39 is 0 Å². The number of alkyl halides is 1. The average Bonchev–Trinajstić information content (AvgIpc) is 2.29. The third-order valence-electron chi connectivity index (χ3n) is 2.49. The quantitative estimate of drug-likeness (QED) is 0.732. The molecule has 4 nitrogen and oxygen atoms in total. The first-order valence-corrected chi connectivity index (χ1v) is 6.50. The fourth-order valence-electron chi connectivity index (χ4n) is 1.71. The Bertz CT molecular complexity index is 403. The van der Waals surface area contributed by atoms with Crippen molar-refractivity contribution in [2.24, 2.45) is 5.92 Å². The summed E-state index contributed by atoms with van der Waals surface area (Å²) in [7, 11) is 0. The van der Waals surface area contributed by atoms with Crippen molar-refractivity contribution in [2.45, 2.75) is 27.3 Å².